The number of carbonyl (C=O) groups excluding carboxylic acids is 2. The van der Waals surface area contributed by atoms with Gasteiger partial charge in [0.2, 0.25) is 11.8 Å². The SMILES string of the molecule is O=C1CC(C(=O)N(C[C@@H]2CNC[C@H]2Cc2ccccc2)C2CC2)c2cc(F)ccc2N1. The molecule has 0 radical (unpaired) electrons. The number of amides is 2. The number of hydrogen-bond donors (Lipinski definition) is 2. The summed E-state index contributed by atoms with van der Waals surface area (Å²) in [6, 6.07) is 15.0. The third-order valence-electron chi connectivity index (χ3n) is 6.87. The third kappa shape index (κ3) is 4.35. The Balaban J connectivity index is 1.35. The molecule has 2 aliphatic heterocycles. The van der Waals surface area contributed by atoms with Crippen molar-refractivity contribution >= 4 is 17.5 Å². The Bertz CT molecular complexity index is 976. The minimum absolute atomic E-state index is 0.0328. The maximum absolute atomic E-state index is 13.9. The van der Waals surface area contributed by atoms with Gasteiger partial charge in [-0.1, -0.05) is 30.3 Å². The molecule has 2 heterocycles. The summed E-state index contributed by atoms with van der Waals surface area (Å²) in [7, 11) is 0. The molecule has 2 fully saturated rings. The van der Waals surface area contributed by atoms with Gasteiger partial charge in [-0.15, -0.1) is 0 Å². The molecule has 1 saturated carbocycles. The number of halogens is 1. The topological polar surface area (TPSA) is 61.4 Å². The predicted octanol–water partition coefficient (Wildman–Crippen LogP) is 3.32. The van der Waals surface area contributed by atoms with Crippen molar-refractivity contribution in [3.05, 3.63) is 65.5 Å². The molecule has 2 amide bonds. The van der Waals surface area contributed by atoms with E-state index < -0.39 is 5.92 Å². The van der Waals surface area contributed by atoms with Gasteiger partial charge in [0.25, 0.3) is 0 Å². The van der Waals surface area contributed by atoms with Gasteiger partial charge < -0.3 is 15.5 Å². The van der Waals surface area contributed by atoms with Gasteiger partial charge in [-0.2, -0.15) is 0 Å². The van der Waals surface area contributed by atoms with E-state index in [0.29, 0.717) is 29.6 Å². The lowest BCUT2D eigenvalue weighted by Crippen LogP contribution is -2.43. The fraction of sp³-hybridized carbons (Fsp3) is 0.440. The molecule has 5 rings (SSSR count). The lowest BCUT2D eigenvalue weighted by Gasteiger charge is -2.33. The third-order valence-corrected chi connectivity index (χ3v) is 6.87. The summed E-state index contributed by atoms with van der Waals surface area (Å²) in [5.41, 5.74) is 2.47. The van der Waals surface area contributed by atoms with Crippen molar-refractivity contribution in [1.82, 2.24) is 10.2 Å². The Labute approximate surface area is 182 Å². The van der Waals surface area contributed by atoms with Gasteiger partial charge in [0.15, 0.2) is 0 Å². The molecule has 1 saturated heterocycles. The van der Waals surface area contributed by atoms with Crippen LogP contribution < -0.4 is 10.6 Å². The number of nitrogens with one attached hydrogen (secondary N) is 2. The van der Waals surface area contributed by atoms with Gasteiger partial charge in [-0.3, -0.25) is 9.59 Å². The van der Waals surface area contributed by atoms with E-state index in [-0.39, 0.29) is 30.1 Å². The minimum Gasteiger partial charge on any atom is -0.339 e. The summed E-state index contributed by atoms with van der Waals surface area (Å²) in [6.07, 6.45) is 3.08. The summed E-state index contributed by atoms with van der Waals surface area (Å²) < 4.78 is 13.9. The lowest BCUT2D eigenvalue weighted by molar-refractivity contribution is -0.136. The van der Waals surface area contributed by atoms with Crippen molar-refractivity contribution < 1.29 is 14.0 Å². The van der Waals surface area contributed by atoms with Crippen molar-refractivity contribution in [1.29, 1.82) is 0 Å². The van der Waals surface area contributed by atoms with E-state index >= 15 is 0 Å². The van der Waals surface area contributed by atoms with Crippen LogP contribution in [-0.2, 0) is 16.0 Å². The highest BCUT2D eigenvalue weighted by atomic mass is 19.1. The largest absolute Gasteiger partial charge is 0.339 e. The van der Waals surface area contributed by atoms with E-state index in [1.807, 2.05) is 11.0 Å². The van der Waals surface area contributed by atoms with Gasteiger partial charge in [-0.25, -0.2) is 4.39 Å². The van der Waals surface area contributed by atoms with Gasteiger partial charge in [0, 0.05) is 24.7 Å². The van der Waals surface area contributed by atoms with E-state index in [0.717, 1.165) is 32.4 Å². The van der Waals surface area contributed by atoms with Crippen molar-refractivity contribution in [3.8, 4) is 0 Å². The van der Waals surface area contributed by atoms with Gasteiger partial charge in [-0.05, 0) is 73.5 Å². The highest BCUT2D eigenvalue weighted by molar-refractivity contribution is 6.01. The van der Waals surface area contributed by atoms with Crippen LogP contribution in [0, 0.1) is 17.7 Å². The average molecular weight is 422 g/mol. The van der Waals surface area contributed by atoms with Gasteiger partial charge in [0.05, 0.1) is 5.92 Å². The summed E-state index contributed by atoms with van der Waals surface area (Å²) in [4.78, 5) is 27.9. The van der Waals surface area contributed by atoms with Crippen molar-refractivity contribution in [3.63, 3.8) is 0 Å². The van der Waals surface area contributed by atoms with Crippen LogP contribution in [0.1, 0.15) is 36.3 Å². The van der Waals surface area contributed by atoms with Crippen LogP contribution >= 0.6 is 0 Å². The molecule has 2 N–H and O–H groups in total. The average Bonchev–Trinajstić information content (AvgIpc) is 3.52. The number of rotatable bonds is 6. The molecule has 6 heteroatoms. The molecule has 1 unspecified atom stereocenters. The van der Waals surface area contributed by atoms with Crippen molar-refractivity contribution in [2.45, 2.75) is 37.6 Å². The normalized spacial score (nSPS) is 25.1. The lowest BCUT2D eigenvalue weighted by atomic mass is 9.87. The summed E-state index contributed by atoms with van der Waals surface area (Å²) in [5.74, 6) is -0.368. The number of fused-ring (bicyclic) bond motifs is 1. The number of nitrogens with zero attached hydrogens (tertiary/aromatic N) is 1. The molecule has 1 aliphatic carbocycles. The van der Waals surface area contributed by atoms with Crippen molar-refractivity contribution in [2.75, 3.05) is 25.0 Å². The first-order valence-corrected chi connectivity index (χ1v) is 11.2. The summed E-state index contributed by atoms with van der Waals surface area (Å²) in [5, 5.41) is 6.28. The summed E-state index contributed by atoms with van der Waals surface area (Å²) in [6.45, 7) is 2.53. The molecule has 5 nitrogen and oxygen atoms in total. The highest BCUT2D eigenvalue weighted by Gasteiger charge is 2.41. The second kappa shape index (κ2) is 8.42. The van der Waals surface area contributed by atoms with E-state index in [1.54, 1.807) is 6.07 Å². The zero-order valence-corrected chi connectivity index (χ0v) is 17.5. The van der Waals surface area contributed by atoms with Crippen LogP contribution in [0.5, 0.6) is 0 Å². The minimum atomic E-state index is -0.609. The van der Waals surface area contributed by atoms with Crippen LogP contribution in [0.2, 0.25) is 0 Å². The molecule has 31 heavy (non-hydrogen) atoms. The highest BCUT2D eigenvalue weighted by Crippen LogP contribution is 2.38. The molecule has 2 aromatic rings. The standard InChI is InChI=1S/C25H28FN3O2/c26-19-6-9-23-21(11-19)22(12-24(30)28-23)25(31)29(20-7-8-20)15-18-14-27-13-17(18)10-16-4-2-1-3-5-16/h1-6,9,11,17-18,20,22,27H,7-8,10,12-15H2,(H,28,30)/t17-,18+,22?/m1/s1. The van der Waals surface area contributed by atoms with E-state index in [4.69, 9.17) is 0 Å². The fourth-order valence-corrected chi connectivity index (χ4v) is 5.07. The van der Waals surface area contributed by atoms with E-state index in [2.05, 4.69) is 34.9 Å². The molecule has 3 aliphatic rings. The molecular weight excluding hydrogens is 393 g/mol. The number of benzene rings is 2. The van der Waals surface area contributed by atoms with Crippen molar-refractivity contribution in [2.24, 2.45) is 11.8 Å². The molecule has 2 aromatic carbocycles. The smallest absolute Gasteiger partial charge is 0.230 e. The maximum Gasteiger partial charge on any atom is 0.230 e. The zero-order valence-electron chi connectivity index (χ0n) is 17.5. The monoisotopic (exact) mass is 421 g/mol. The molecule has 3 atom stereocenters. The molecule has 0 aromatic heterocycles. The Morgan fingerprint density at radius 1 is 1.06 bits per heavy atom. The Morgan fingerprint density at radius 3 is 2.61 bits per heavy atom. The second-order valence-electron chi connectivity index (χ2n) is 9.13. The number of hydrogen-bond acceptors (Lipinski definition) is 3. The van der Waals surface area contributed by atoms with E-state index in [9.17, 15) is 14.0 Å². The Kier molecular flexibility index (Phi) is 5.48. The molecule has 0 bridgehead atoms. The molecular formula is C25H28FN3O2. The summed E-state index contributed by atoms with van der Waals surface area (Å²) >= 11 is 0. The maximum atomic E-state index is 13.9. The van der Waals surface area contributed by atoms with Crippen LogP contribution in [-0.4, -0.2) is 42.4 Å². The Morgan fingerprint density at radius 2 is 1.84 bits per heavy atom. The van der Waals surface area contributed by atoms with Crippen LogP contribution in [0.15, 0.2) is 48.5 Å². The first-order chi connectivity index (χ1) is 15.1. The van der Waals surface area contributed by atoms with Crippen LogP contribution in [0.3, 0.4) is 0 Å². The molecule has 162 valence electrons. The zero-order chi connectivity index (χ0) is 21.4. The van der Waals surface area contributed by atoms with Gasteiger partial charge >= 0.3 is 0 Å². The van der Waals surface area contributed by atoms with Crippen LogP contribution in [0.4, 0.5) is 10.1 Å². The fourth-order valence-electron chi connectivity index (χ4n) is 5.07. The van der Waals surface area contributed by atoms with E-state index in [1.165, 1.54) is 17.7 Å². The van der Waals surface area contributed by atoms with Gasteiger partial charge in [0.1, 0.15) is 5.82 Å². The Hall–Kier alpha value is -2.73. The quantitative estimate of drug-likeness (QED) is 0.752. The number of carbonyl (C=O) groups is 2. The molecule has 0 spiro atoms. The first-order valence-electron chi connectivity index (χ1n) is 11.2. The number of anilines is 1. The first kappa shape index (κ1) is 20.2. The van der Waals surface area contributed by atoms with Crippen LogP contribution in [0.25, 0.3) is 0 Å². The second-order valence-corrected chi connectivity index (χ2v) is 9.13. The predicted molar refractivity (Wildman–Crippen MR) is 117 cm³/mol.